The van der Waals surface area contributed by atoms with E-state index in [0.29, 0.717) is 12.4 Å². The number of halogens is 1. The van der Waals surface area contributed by atoms with Crippen LogP contribution in [-0.2, 0) is 7.05 Å². The highest BCUT2D eigenvalue weighted by Crippen LogP contribution is 2.41. The highest BCUT2D eigenvalue weighted by atomic mass is 19.1. The number of hydrogen-bond acceptors (Lipinski definition) is 4. The fourth-order valence-electron chi connectivity index (χ4n) is 3.68. The van der Waals surface area contributed by atoms with Gasteiger partial charge in [0.25, 0.3) is 0 Å². The summed E-state index contributed by atoms with van der Waals surface area (Å²) < 4.78 is 22.7. The van der Waals surface area contributed by atoms with Gasteiger partial charge in [-0.05, 0) is 31.2 Å². The molecule has 1 aliphatic heterocycles. The van der Waals surface area contributed by atoms with Gasteiger partial charge in [-0.2, -0.15) is 4.39 Å². The summed E-state index contributed by atoms with van der Waals surface area (Å²) in [5.41, 5.74) is 3.79. The summed E-state index contributed by atoms with van der Waals surface area (Å²) >= 11 is 0. The zero-order valence-corrected chi connectivity index (χ0v) is 14.2. The normalized spacial score (nSPS) is 16.2. The quantitative estimate of drug-likeness (QED) is 0.495. The summed E-state index contributed by atoms with van der Waals surface area (Å²) in [7, 11) is 1.75. The maximum atomic E-state index is 13.2. The fraction of sp³-hybridized carbons (Fsp3) is 0.211. The number of benzene rings is 1. The smallest absolute Gasteiger partial charge is 0.329 e. The molecule has 4 heterocycles. The first-order valence-corrected chi connectivity index (χ1v) is 8.33. The van der Waals surface area contributed by atoms with Crippen LogP contribution in [0.2, 0.25) is 0 Å². The third-order valence-electron chi connectivity index (χ3n) is 4.98. The maximum absolute atomic E-state index is 13.2. The molecule has 1 aromatic carbocycles. The average molecular weight is 350 g/mol. The fourth-order valence-corrected chi connectivity index (χ4v) is 3.68. The van der Waals surface area contributed by atoms with Crippen molar-refractivity contribution in [2.75, 3.05) is 6.61 Å². The molecule has 7 heteroatoms. The predicted octanol–water partition coefficient (Wildman–Crippen LogP) is 3.04. The highest BCUT2D eigenvalue weighted by Gasteiger charge is 2.26. The van der Waals surface area contributed by atoms with E-state index in [-0.39, 0.29) is 11.7 Å². The summed E-state index contributed by atoms with van der Waals surface area (Å²) in [5.74, 6) is 0.119. The summed E-state index contributed by atoms with van der Waals surface area (Å²) in [6.07, 6.45) is 3.20. The summed E-state index contributed by atoms with van der Waals surface area (Å²) in [6, 6.07) is 6.65. The Morgan fingerprint density at radius 1 is 1.19 bits per heavy atom. The molecule has 1 aliphatic rings. The second-order valence-corrected chi connectivity index (χ2v) is 6.57. The van der Waals surface area contributed by atoms with Crippen molar-refractivity contribution in [3.05, 3.63) is 53.1 Å². The first-order valence-electron chi connectivity index (χ1n) is 8.33. The molecule has 5 rings (SSSR count). The van der Waals surface area contributed by atoms with Crippen LogP contribution in [-0.4, -0.2) is 25.7 Å². The van der Waals surface area contributed by atoms with Crippen LogP contribution >= 0.6 is 0 Å². The molecule has 1 atom stereocenters. The van der Waals surface area contributed by atoms with E-state index < -0.39 is 5.95 Å². The van der Waals surface area contributed by atoms with Gasteiger partial charge in [0.15, 0.2) is 0 Å². The minimum Gasteiger partial charge on any atom is -0.490 e. The van der Waals surface area contributed by atoms with Crippen LogP contribution in [0.5, 0.6) is 5.75 Å². The maximum Gasteiger partial charge on any atom is 0.329 e. The van der Waals surface area contributed by atoms with Gasteiger partial charge in [-0.1, -0.05) is 0 Å². The molecule has 3 aromatic heterocycles. The number of nitrogens with zero attached hydrogens (tertiary/aromatic N) is 4. The summed E-state index contributed by atoms with van der Waals surface area (Å²) in [6.45, 7) is 2.31. The van der Waals surface area contributed by atoms with E-state index in [9.17, 15) is 9.18 Å². The molecule has 0 saturated heterocycles. The largest absolute Gasteiger partial charge is 0.490 e. The van der Waals surface area contributed by atoms with E-state index in [1.165, 1.54) is 12.3 Å². The van der Waals surface area contributed by atoms with Crippen LogP contribution in [0.25, 0.3) is 33.1 Å². The van der Waals surface area contributed by atoms with Crippen LogP contribution in [0, 0.1) is 5.95 Å². The first-order chi connectivity index (χ1) is 12.6. The van der Waals surface area contributed by atoms with Crippen LogP contribution in [0.3, 0.4) is 0 Å². The highest BCUT2D eigenvalue weighted by molar-refractivity contribution is 6.09. The lowest BCUT2D eigenvalue weighted by Crippen LogP contribution is -2.27. The van der Waals surface area contributed by atoms with Gasteiger partial charge in [-0.25, -0.2) is 9.78 Å². The minimum absolute atomic E-state index is 0.0906. The Bertz CT molecular complexity index is 1240. The number of rotatable bonds is 1. The zero-order valence-electron chi connectivity index (χ0n) is 14.2. The molecule has 0 aliphatic carbocycles. The van der Waals surface area contributed by atoms with Crippen LogP contribution < -0.4 is 10.4 Å². The zero-order chi connectivity index (χ0) is 18.0. The molecular weight excluding hydrogens is 335 g/mol. The van der Waals surface area contributed by atoms with E-state index in [2.05, 4.69) is 9.97 Å². The Balaban J connectivity index is 1.96. The lowest BCUT2D eigenvalue weighted by molar-refractivity contribution is 0.268. The molecule has 0 N–H and O–H groups in total. The third-order valence-corrected chi connectivity index (χ3v) is 4.98. The Kier molecular flexibility index (Phi) is 2.98. The Labute approximate surface area is 147 Å². The average Bonchev–Trinajstić information content (AvgIpc) is 2.80. The van der Waals surface area contributed by atoms with Crippen molar-refractivity contribution in [2.24, 2.45) is 7.05 Å². The van der Waals surface area contributed by atoms with Gasteiger partial charge in [0, 0.05) is 24.4 Å². The number of aryl methyl sites for hydroxylation is 1. The number of ether oxygens (including phenoxy) is 1. The summed E-state index contributed by atoms with van der Waals surface area (Å²) in [5, 5.41) is 0.798. The topological polar surface area (TPSA) is 61.9 Å². The van der Waals surface area contributed by atoms with Crippen molar-refractivity contribution in [2.45, 2.75) is 13.0 Å². The second-order valence-electron chi connectivity index (χ2n) is 6.57. The second kappa shape index (κ2) is 5.14. The number of aromatic nitrogens is 4. The minimum atomic E-state index is -0.532. The van der Waals surface area contributed by atoms with Gasteiger partial charge in [-0.3, -0.25) is 14.1 Å². The van der Waals surface area contributed by atoms with Gasteiger partial charge in [-0.15, -0.1) is 0 Å². The molecule has 0 radical (unpaired) electrons. The van der Waals surface area contributed by atoms with Crippen LogP contribution in [0.1, 0.15) is 13.0 Å². The van der Waals surface area contributed by atoms with Gasteiger partial charge in [0.2, 0.25) is 5.95 Å². The van der Waals surface area contributed by atoms with Crippen molar-refractivity contribution in [3.8, 4) is 16.9 Å². The number of pyridine rings is 2. The molecule has 0 saturated carbocycles. The Morgan fingerprint density at radius 2 is 2.04 bits per heavy atom. The molecule has 4 aromatic rings. The van der Waals surface area contributed by atoms with Crippen LogP contribution in [0.4, 0.5) is 4.39 Å². The first kappa shape index (κ1) is 15.1. The van der Waals surface area contributed by atoms with Gasteiger partial charge < -0.3 is 4.74 Å². The molecular formula is C19H15FN4O2. The molecule has 0 amide bonds. The Hall–Kier alpha value is -3.22. The van der Waals surface area contributed by atoms with Crippen molar-refractivity contribution in [3.63, 3.8) is 0 Å². The van der Waals surface area contributed by atoms with E-state index in [0.717, 1.165) is 33.1 Å². The van der Waals surface area contributed by atoms with Crippen molar-refractivity contribution in [1.29, 1.82) is 0 Å². The lowest BCUT2D eigenvalue weighted by atomic mass is 10.0. The SMILES string of the molecule is C[C@@H]1COc2c(-c3ccc(F)nc3)ccc3ncc4c(c23)n1c(=O)n4C. The van der Waals surface area contributed by atoms with Crippen molar-refractivity contribution in [1.82, 2.24) is 19.1 Å². The van der Waals surface area contributed by atoms with Crippen molar-refractivity contribution < 1.29 is 9.13 Å². The molecule has 0 bridgehead atoms. The monoisotopic (exact) mass is 350 g/mol. The molecule has 0 unspecified atom stereocenters. The van der Waals surface area contributed by atoms with Gasteiger partial charge in [0.05, 0.1) is 34.2 Å². The predicted molar refractivity (Wildman–Crippen MR) is 95.9 cm³/mol. The lowest BCUT2D eigenvalue weighted by Gasteiger charge is -2.14. The molecule has 0 spiro atoms. The molecule has 0 fully saturated rings. The van der Waals surface area contributed by atoms with E-state index >= 15 is 0 Å². The summed E-state index contributed by atoms with van der Waals surface area (Å²) in [4.78, 5) is 21.0. The number of imidazole rings is 1. The van der Waals surface area contributed by atoms with E-state index in [1.807, 2.05) is 19.1 Å². The van der Waals surface area contributed by atoms with E-state index in [4.69, 9.17) is 4.74 Å². The van der Waals surface area contributed by atoms with Gasteiger partial charge >= 0.3 is 5.69 Å². The standard InChI is InChI=1S/C19H15FN4O2/c1-10-9-26-18-12(11-3-6-15(20)22-7-11)4-5-13-16(18)17-14(8-21-13)23(2)19(25)24(10)17/h3-8,10H,9H2,1-2H3/t10-/m1/s1. The van der Waals surface area contributed by atoms with Gasteiger partial charge in [0.1, 0.15) is 12.4 Å². The number of hydrogen-bond donors (Lipinski definition) is 0. The third kappa shape index (κ3) is 1.88. The Morgan fingerprint density at radius 3 is 2.81 bits per heavy atom. The molecule has 6 nitrogen and oxygen atoms in total. The van der Waals surface area contributed by atoms with E-state index in [1.54, 1.807) is 28.4 Å². The van der Waals surface area contributed by atoms with Crippen LogP contribution in [0.15, 0.2) is 41.5 Å². The molecule has 26 heavy (non-hydrogen) atoms. The van der Waals surface area contributed by atoms with Crippen molar-refractivity contribution >= 4 is 21.9 Å². The molecule has 130 valence electrons.